The Hall–Kier alpha value is -1.64. The van der Waals surface area contributed by atoms with E-state index in [9.17, 15) is 0 Å². The maximum atomic E-state index is 6.24. The minimum atomic E-state index is 0.392. The molecule has 4 rings (SSSR count). The van der Waals surface area contributed by atoms with Crippen LogP contribution < -0.4 is 5.32 Å². The number of benzene rings is 2. The highest BCUT2D eigenvalue weighted by atomic mass is 35.5. The first kappa shape index (κ1) is 14.0. The van der Waals surface area contributed by atoms with Gasteiger partial charge in [-0.05, 0) is 30.2 Å². The highest BCUT2D eigenvalue weighted by molar-refractivity contribution is 6.39. The van der Waals surface area contributed by atoms with E-state index in [-0.39, 0.29) is 0 Å². The molecule has 3 aromatic rings. The van der Waals surface area contributed by atoms with Gasteiger partial charge in [-0.2, -0.15) is 0 Å². The van der Waals surface area contributed by atoms with E-state index in [1.807, 2.05) is 18.2 Å². The highest BCUT2D eigenvalue weighted by Crippen LogP contribution is 2.47. The van der Waals surface area contributed by atoms with Crippen LogP contribution >= 0.6 is 23.2 Å². The first-order valence-electron chi connectivity index (χ1n) is 7.39. The Balaban J connectivity index is 1.62. The van der Waals surface area contributed by atoms with Gasteiger partial charge in [0, 0.05) is 36.1 Å². The second kappa shape index (κ2) is 5.22. The molecule has 4 heteroatoms. The Morgan fingerprint density at radius 2 is 1.77 bits per heavy atom. The summed E-state index contributed by atoms with van der Waals surface area (Å²) in [5.74, 6) is 0.512. The molecule has 2 unspecified atom stereocenters. The molecule has 2 aromatic carbocycles. The number of halogens is 2. The van der Waals surface area contributed by atoms with Gasteiger partial charge in [-0.25, -0.2) is 0 Å². The summed E-state index contributed by atoms with van der Waals surface area (Å²) >= 11 is 12.5. The van der Waals surface area contributed by atoms with Crippen LogP contribution in [0.15, 0.2) is 48.7 Å². The van der Waals surface area contributed by atoms with Crippen LogP contribution in [0, 0.1) is 0 Å². The molecular weight excluding hydrogens is 315 g/mol. The van der Waals surface area contributed by atoms with Gasteiger partial charge in [0.25, 0.3) is 0 Å². The topological polar surface area (TPSA) is 17.0 Å². The third-order valence-electron chi connectivity index (χ3n) is 4.41. The molecule has 0 amide bonds. The average Bonchev–Trinajstić information content (AvgIpc) is 3.20. The Morgan fingerprint density at radius 3 is 2.55 bits per heavy atom. The zero-order chi connectivity index (χ0) is 15.3. The molecule has 0 aliphatic heterocycles. The molecule has 1 aromatic heterocycles. The zero-order valence-corrected chi connectivity index (χ0v) is 13.7. The van der Waals surface area contributed by atoms with Crippen LogP contribution in [0.5, 0.6) is 0 Å². The van der Waals surface area contributed by atoms with Crippen molar-refractivity contribution in [3.63, 3.8) is 0 Å². The summed E-state index contributed by atoms with van der Waals surface area (Å²) in [6, 6.07) is 14.5. The predicted molar refractivity (Wildman–Crippen MR) is 94.1 cm³/mol. The minimum Gasteiger partial charge on any atom is -0.379 e. The van der Waals surface area contributed by atoms with E-state index in [0.717, 1.165) is 12.1 Å². The van der Waals surface area contributed by atoms with Crippen LogP contribution in [-0.4, -0.2) is 10.6 Å². The fraction of sp³-hybridized carbons (Fsp3) is 0.222. The number of fused-ring (bicyclic) bond motifs is 1. The van der Waals surface area contributed by atoms with Crippen LogP contribution in [0.3, 0.4) is 0 Å². The van der Waals surface area contributed by atoms with Crippen LogP contribution in [0.2, 0.25) is 10.0 Å². The van der Waals surface area contributed by atoms with E-state index < -0.39 is 0 Å². The van der Waals surface area contributed by atoms with Crippen molar-refractivity contribution in [3.05, 3.63) is 64.3 Å². The Labute approximate surface area is 139 Å². The third-order valence-corrected chi connectivity index (χ3v) is 5.04. The summed E-state index contributed by atoms with van der Waals surface area (Å²) < 4.78 is 2.20. The maximum absolute atomic E-state index is 6.24. The number of aromatic nitrogens is 1. The van der Waals surface area contributed by atoms with Crippen molar-refractivity contribution in [2.75, 3.05) is 5.32 Å². The van der Waals surface area contributed by atoms with Crippen molar-refractivity contribution in [1.29, 1.82) is 0 Å². The maximum Gasteiger partial charge on any atom is 0.0721 e. The predicted octanol–water partition coefficient (Wildman–Crippen LogP) is 5.45. The van der Waals surface area contributed by atoms with Crippen molar-refractivity contribution >= 4 is 39.8 Å². The number of anilines is 1. The Morgan fingerprint density at radius 1 is 1.05 bits per heavy atom. The lowest BCUT2D eigenvalue weighted by Crippen LogP contribution is -2.05. The fourth-order valence-electron chi connectivity index (χ4n) is 3.19. The van der Waals surface area contributed by atoms with Crippen LogP contribution in [0.1, 0.15) is 17.9 Å². The van der Waals surface area contributed by atoms with Gasteiger partial charge in [-0.3, -0.25) is 0 Å². The molecule has 0 saturated heterocycles. The van der Waals surface area contributed by atoms with Gasteiger partial charge in [0.05, 0.1) is 15.7 Å². The lowest BCUT2D eigenvalue weighted by molar-refractivity contribution is 0.947. The van der Waals surface area contributed by atoms with Gasteiger partial charge in [0.2, 0.25) is 0 Å². The van der Waals surface area contributed by atoms with Gasteiger partial charge >= 0.3 is 0 Å². The van der Waals surface area contributed by atoms with E-state index in [1.165, 1.54) is 16.5 Å². The number of rotatable bonds is 3. The molecule has 0 bridgehead atoms. The molecule has 1 heterocycles. The number of para-hydroxylation sites is 2. The SMILES string of the molecule is Cn1cc(C2CC2Nc2c(Cl)cccc2Cl)c2ccccc21. The summed E-state index contributed by atoms with van der Waals surface area (Å²) in [6.07, 6.45) is 3.35. The Bertz CT molecular complexity index is 833. The lowest BCUT2D eigenvalue weighted by Gasteiger charge is -2.09. The summed E-state index contributed by atoms with van der Waals surface area (Å²) in [6.45, 7) is 0. The number of nitrogens with one attached hydrogen (secondary N) is 1. The van der Waals surface area contributed by atoms with Gasteiger partial charge in [0.1, 0.15) is 0 Å². The van der Waals surface area contributed by atoms with Crippen LogP contribution in [-0.2, 0) is 7.05 Å². The molecule has 1 N–H and O–H groups in total. The van der Waals surface area contributed by atoms with Crippen molar-refractivity contribution in [1.82, 2.24) is 4.57 Å². The second-order valence-electron chi connectivity index (χ2n) is 5.90. The quantitative estimate of drug-likeness (QED) is 0.675. The Kier molecular flexibility index (Phi) is 3.32. The molecule has 112 valence electrons. The van der Waals surface area contributed by atoms with Crippen molar-refractivity contribution in [2.45, 2.75) is 18.4 Å². The molecule has 2 atom stereocenters. The number of aryl methyl sites for hydroxylation is 1. The largest absolute Gasteiger partial charge is 0.379 e. The first-order chi connectivity index (χ1) is 10.6. The normalized spacial score (nSPS) is 20.3. The molecule has 22 heavy (non-hydrogen) atoms. The summed E-state index contributed by atoms with van der Waals surface area (Å²) in [5, 5.41) is 6.19. The van der Waals surface area contributed by atoms with Crippen molar-refractivity contribution in [3.8, 4) is 0 Å². The third kappa shape index (κ3) is 2.27. The molecule has 1 aliphatic rings. The smallest absolute Gasteiger partial charge is 0.0721 e. The summed E-state index contributed by atoms with van der Waals surface area (Å²) in [7, 11) is 2.10. The second-order valence-corrected chi connectivity index (χ2v) is 6.72. The van der Waals surface area contributed by atoms with Crippen LogP contribution in [0.25, 0.3) is 10.9 Å². The van der Waals surface area contributed by atoms with Crippen molar-refractivity contribution < 1.29 is 0 Å². The standard InChI is InChI=1S/C18H16Cl2N2/c1-22-10-13(11-5-2-3-8-17(11)22)12-9-16(12)21-18-14(19)6-4-7-15(18)20/h2-8,10,12,16,21H,9H2,1H3. The van der Waals surface area contributed by atoms with E-state index in [1.54, 1.807) is 0 Å². The van der Waals surface area contributed by atoms with Gasteiger partial charge in [-0.1, -0.05) is 47.5 Å². The summed E-state index contributed by atoms with van der Waals surface area (Å²) in [4.78, 5) is 0. The fourth-order valence-corrected chi connectivity index (χ4v) is 3.69. The van der Waals surface area contributed by atoms with E-state index in [2.05, 4.69) is 47.4 Å². The molecule has 1 aliphatic carbocycles. The molecular formula is C18H16Cl2N2. The zero-order valence-electron chi connectivity index (χ0n) is 12.2. The molecule has 0 radical (unpaired) electrons. The van der Waals surface area contributed by atoms with E-state index in [0.29, 0.717) is 22.0 Å². The van der Waals surface area contributed by atoms with Crippen molar-refractivity contribution in [2.24, 2.45) is 7.05 Å². The first-order valence-corrected chi connectivity index (χ1v) is 8.15. The molecule has 1 saturated carbocycles. The average molecular weight is 331 g/mol. The minimum absolute atomic E-state index is 0.392. The van der Waals surface area contributed by atoms with Gasteiger partial charge in [0.15, 0.2) is 0 Å². The monoisotopic (exact) mass is 330 g/mol. The van der Waals surface area contributed by atoms with Gasteiger partial charge in [-0.15, -0.1) is 0 Å². The molecule has 0 spiro atoms. The molecule has 1 fully saturated rings. The van der Waals surface area contributed by atoms with Crippen LogP contribution in [0.4, 0.5) is 5.69 Å². The molecule has 2 nitrogen and oxygen atoms in total. The number of hydrogen-bond acceptors (Lipinski definition) is 1. The summed E-state index contributed by atoms with van der Waals surface area (Å²) in [5.41, 5.74) is 3.52. The van der Waals surface area contributed by atoms with Gasteiger partial charge < -0.3 is 9.88 Å². The highest BCUT2D eigenvalue weighted by Gasteiger charge is 2.40. The lowest BCUT2D eigenvalue weighted by atomic mass is 10.1. The number of nitrogens with zero attached hydrogens (tertiary/aromatic N) is 1. The van der Waals surface area contributed by atoms with E-state index >= 15 is 0 Å². The number of hydrogen-bond donors (Lipinski definition) is 1. The van der Waals surface area contributed by atoms with E-state index in [4.69, 9.17) is 23.2 Å².